The second-order valence-corrected chi connectivity index (χ2v) is 5.14. The third kappa shape index (κ3) is 2.77. The lowest BCUT2D eigenvalue weighted by Crippen LogP contribution is -1.90. The van der Waals surface area contributed by atoms with E-state index in [9.17, 15) is 0 Å². The Hall–Kier alpha value is -2.02. The molecule has 20 heavy (non-hydrogen) atoms. The van der Waals surface area contributed by atoms with E-state index in [2.05, 4.69) is 20.1 Å². The van der Waals surface area contributed by atoms with Gasteiger partial charge in [0.15, 0.2) is 11.0 Å². The van der Waals surface area contributed by atoms with Crippen LogP contribution in [-0.2, 0) is 5.75 Å². The van der Waals surface area contributed by atoms with Gasteiger partial charge in [-0.2, -0.15) is 4.98 Å². The molecule has 1 aromatic carbocycles. The fourth-order valence-corrected chi connectivity index (χ4v) is 2.55. The van der Waals surface area contributed by atoms with E-state index in [1.165, 1.54) is 11.8 Å². The number of hydrogen-bond donors (Lipinski definition) is 1. The van der Waals surface area contributed by atoms with Crippen LogP contribution in [-0.4, -0.2) is 26.7 Å². The van der Waals surface area contributed by atoms with Gasteiger partial charge in [0, 0.05) is 13.0 Å². The highest BCUT2D eigenvalue weighted by Crippen LogP contribution is 2.24. The summed E-state index contributed by atoms with van der Waals surface area (Å²) in [7, 11) is 0. The Bertz CT molecular complexity index is 722. The number of rotatable bonds is 5. The zero-order valence-electron chi connectivity index (χ0n) is 11.2. The topological polar surface area (TPSA) is 76.8 Å². The largest absolute Gasteiger partial charge is 0.494 e. The quantitative estimate of drug-likeness (QED) is 0.728. The van der Waals surface area contributed by atoms with Crippen molar-refractivity contribution in [2.24, 2.45) is 0 Å². The molecule has 3 aromatic rings. The van der Waals surface area contributed by atoms with Crippen molar-refractivity contribution in [2.45, 2.75) is 24.8 Å². The molecule has 6 nitrogen and oxygen atoms in total. The molecular weight excluding hydrogens is 276 g/mol. The van der Waals surface area contributed by atoms with Crippen LogP contribution in [0.25, 0.3) is 11.0 Å². The summed E-state index contributed by atoms with van der Waals surface area (Å²) >= 11 is 1.54. The maximum Gasteiger partial charge on any atom is 0.223 e. The van der Waals surface area contributed by atoms with Crippen LogP contribution < -0.4 is 4.74 Å². The molecule has 0 saturated heterocycles. The lowest BCUT2D eigenvalue weighted by atomic mass is 10.3. The van der Waals surface area contributed by atoms with Crippen molar-refractivity contribution in [3.8, 4) is 5.75 Å². The maximum atomic E-state index is 5.47. The van der Waals surface area contributed by atoms with E-state index in [1.54, 1.807) is 6.92 Å². The summed E-state index contributed by atoms with van der Waals surface area (Å²) in [5, 5.41) is 4.68. The number of ether oxygens (including phenoxy) is 1. The van der Waals surface area contributed by atoms with Crippen LogP contribution in [0.1, 0.15) is 18.6 Å². The van der Waals surface area contributed by atoms with Gasteiger partial charge < -0.3 is 14.2 Å². The van der Waals surface area contributed by atoms with Crippen LogP contribution in [0, 0.1) is 6.92 Å². The second-order valence-electron chi connectivity index (χ2n) is 4.17. The Balaban J connectivity index is 1.75. The van der Waals surface area contributed by atoms with E-state index < -0.39 is 0 Å². The minimum atomic E-state index is 0.576. The Morgan fingerprint density at radius 1 is 1.35 bits per heavy atom. The first-order valence-electron chi connectivity index (χ1n) is 6.29. The number of thioether (sulfide) groups is 1. The minimum absolute atomic E-state index is 0.576. The second kappa shape index (κ2) is 5.54. The molecule has 0 aliphatic heterocycles. The highest BCUT2D eigenvalue weighted by molar-refractivity contribution is 7.98. The predicted molar refractivity (Wildman–Crippen MR) is 75.9 cm³/mol. The van der Waals surface area contributed by atoms with Gasteiger partial charge in [-0.3, -0.25) is 0 Å². The number of aromatic amines is 1. The molecule has 0 fully saturated rings. The number of benzene rings is 1. The minimum Gasteiger partial charge on any atom is -0.494 e. The zero-order chi connectivity index (χ0) is 13.9. The number of hydrogen-bond acceptors (Lipinski definition) is 6. The first-order valence-corrected chi connectivity index (χ1v) is 7.27. The fourth-order valence-electron chi connectivity index (χ4n) is 1.82. The number of aryl methyl sites for hydroxylation is 1. The molecule has 1 N–H and O–H groups in total. The summed E-state index contributed by atoms with van der Waals surface area (Å²) in [5.41, 5.74) is 1.88. The summed E-state index contributed by atoms with van der Waals surface area (Å²) in [5.74, 6) is 2.71. The van der Waals surface area contributed by atoms with E-state index in [1.807, 2.05) is 25.1 Å². The average molecular weight is 290 g/mol. The summed E-state index contributed by atoms with van der Waals surface area (Å²) in [6.07, 6.45) is 0. The van der Waals surface area contributed by atoms with Gasteiger partial charge in [0.1, 0.15) is 5.75 Å². The van der Waals surface area contributed by atoms with Crippen LogP contribution >= 0.6 is 11.8 Å². The van der Waals surface area contributed by atoms with Gasteiger partial charge in [-0.25, -0.2) is 4.98 Å². The smallest absolute Gasteiger partial charge is 0.223 e. The van der Waals surface area contributed by atoms with Crippen LogP contribution in [0.15, 0.2) is 27.9 Å². The molecule has 3 rings (SSSR count). The monoisotopic (exact) mass is 290 g/mol. The van der Waals surface area contributed by atoms with Gasteiger partial charge in [0.25, 0.3) is 0 Å². The van der Waals surface area contributed by atoms with E-state index in [4.69, 9.17) is 9.26 Å². The van der Waals surface area contributed by atoms with Gasteiger partial charge in [-0.15, -0.1) is 0 Å². The number of H-pyrrole nitrogens is 1. The molecule has 0 atom stereocenters. The molecule has 0 spiro atoms. The van der Waals surface area contributed by atoms with E-state index in [0.29, 0.717) is 24.1 Å². The van der Waals surface area contributed by atoms with Crippen molar-refractivity contribution < 1.29 is 9.26 Å². The third-order valence-electron chi connectivity index (χ3n) is 2.65. The lowest BCUT2D eigenvalue weighted by molar-refractivity contribution is 0.340. The van der Waals surface area contributed by atoms with E-state index >= 15 is 0 Å². The van der Waals surface area contributed by atoms with Crippen molar-refractivity contribution >= 4 is 22.8 Å². The lowest BCUT2D eigenvalue weighted by Gasteiger charge is -2.00. The Labute approximate surface area is 119 Å². The molecule has 0 amide bonds. The summed E-state index contributed by atoms with van der Waals surface area (Å²) in [6, 6.07) is 5.82. The number of aromatic nitrogens is 4. The number of nitrogens with one attached hydrogen (secondary N) is 1. The molecular formula is C13H14N4O2S. The van der Waals surface area contributed by atoms with E-state index in [0.717, 1.165) is 21.9 Å². The average Bonchev–Trinajstić information content (AvgIpc) is 3.02. The highest BCUT2D eigenvalue weighted by Gasteiger charge is 2.08. The van der Waals surface area contributed by atoms with Crippen LogP contribution in [0.5, 0.6) is 5.75 Å². The third-order valence-corrected chi connectivity index (χ3v) is 3.52. The van der Waals surface area contributed by atoms with Gasteiger partial charge in [-0.05, 0) is 19.1 Å². The molecule has 0 radical (unpaired) electrons. The van der Waals surface area contributed by atoms with E-state index in [-0.39, 0.29) is 0 Å². The van der Waals surface area contributed by atoms with Gasteiger partial charge >= 0.3 is 0 Å². The van der Waals surface area contributed by atoms with Crippen LogP contribution in [0.4, 0.5) is 0 Å². The van der Waals surface area contributed by atoms with Crippen molar-refractivity contribution in [3.05, 3.63) is 29.9 Å². The molecule has 2 aromatic heterocycles. The molecule has 104 valence electrons. The van der Waals surface area contributed by atoms with Crippen LogP contribution in [0.3, 0.4) is 0 Å². The van der Waals surface area contributed by atoms with Gasteiger partial charge in [0.05, 0.1) is 23.4 Å². The fraction of sp³-hybridized carbons (Fsp3) is 0.308. The molecule has 0 unspecified atom stereocenters. The molecule has 0 aliphatic carbocycles. The molecule has 2 heterocycles. The number of nitrogens with zero attached hydrogens (tertiary/aromatic N) is 3. The Morgan fingerprint density at radius 3 is 3.00 bits per heavy atom. The van der Waals surface area contributed by atoms with Crippen molar-refractivity contribution in [2.75, 3.05) is 6.61 Å². The first-order chi connectivity index (χ1) is 9.74. The molecule has 7 heteroatoms. The van der Waals surface area contributed by atoms with Crippen LogP contribution in [0.2, 0.25) is 0 Å². The molecule has 0 aliphatic rings. The predicted octanol–water partition coefficient (Wildman–Crippen LogP) is 2.95. The highest BCUT2D eigenvalue weighted by atomic mass is 32.2. The van der Waals surface area contributed by atoms with Gasteiger partial charge in [0.2, 0.25) is 5.89 Å². The molecule has 0 saturated carbocycles. The standard InChI is InChI=1S/C13H14N4O2S/c1-3-18-9-4-5-10-11(6-9)16-13(15-10)20-7-12-14-8(2)19-17-12/h4-6H,3,7H2,1-2H3,(H,15,16). The normalized spacial score (nSPS) is 11.1. The van der Waals surface area contributed by atoms with Crippen molar-refractivity contribution in [3.63, 3.8) is 0 Å². The van der Waals surface area contributed by atoms with Gasteiger partial charge in [-0.1, -0.05) is 16.9 Å². The maximum absolute atomic E-state index is 5.47. The summed E-state index contributed by atoms with van der Waals surface area (Å²) in [4.78, 5) is 11.9. The number of imidazole rings is 1. The van der Waals surface area contributed by atoms with Crippen molar-refractivity contribution in [1.29, 1.82) is 0 Å². The SMILES string of the molecule is CCOc1ccc2nc(SCc3noc(C)n3)[nH]c2c1. The zero-order valence-corrected chi connectivity index (χ0v) is 12.0. The molecule has 0 bridgehead atoms. The summed E-state index contributed by atoms with van der Waals surface area (Å²) < 4.78 is 10.4. The Kier molecular flexibility index (Phi) is 3.60. The summed E-state index contributed by atoms with van der Waals surface area (Å²) in [6.45, 7) is 4.39. The Morgan fingerprint density at radius 2 is 2.25 bits per heavy atom. The first kappa shape index (κ1) is 13.0. The van der Waals surface area contributed by atoms with Crippen molar-refractivity contribution in [1.82, 2.24) is 20.1 Å². The number of fused-ring (bicyclic) bond motifs is 1.